The van der Waals surface area contributed by atoms with Crippen molar-refractivity contribution >= 4 is 15.9 Å². The Morgan fingerprint density at radius 2 is 1.88 bits per heavy atom. The predicted octanol–water partition coefficient (Wildman–Crippen LogP) is -1.00. The number of nitrogens with zero attached hydrogens (tertiary/aromatic N) is 1. The number of H-pyrrole nitrogens is 1. The summed E-state index contributed by atoms with van der Waals surface area (Å²) in [6, 6.07) is 5.99. The average molecular weight is 352 g/mol. The molecule has 2 heterocycles. The molecule has 24 heavy (non-hydrogen) atoms. The number of aliphatic hydroxyl groups excluding tert-OH is 2. The largest absolute Gasteiger partial charge is 0.858 e. The van der Waals surface area contributed by atoms with Crippen LogP contribution in [-0.2, 0) is 23.2 Å². The third-order valence-corrected chi connectivity index (χ3v) is 4.74. The predicted molar refractivity (Wildman–Crippen MR) is 81.4 cm³/mol. The van der Waals surface area contributed by atoms with Crippen LogP contribution >= 0.6 is 0 Å². The first kappa shape index (κ1) is 17.9. The minimum atomic E-state index is -3.68. The summed E-state index contributed by atoms with van der Waals surface area (Å²) in [6.07, 6.45) is 1.57. The van der Waals surface area contributed by atoms with Crippen LogP contribution in [0.2, 0.25) is 0 Å². The van der Waals surface area contributed by atoms with Crippen LogP contribution in [0.1, 0.15) is 22.4 Å². The molecule has 128 valence electrons. The summed E-state index contributed by atoms with van der Waals surface area (Å²) in [7, 11) is -3.68. The van der Waals surface area contributed by atoms with E-state index in [9.17, 15) is 18.6 Å². The lowest BCUT2D eigenvalue weighted by molar-refractivity contribution is -0.389. The first-order valence-electron chi connectivity index (χ1n) is 6.87. The van der Waals surface area contributed by atoms with Crippen LogP contribution in [0, 0.1) is 6.92 Å². The number of aliphatic hydroxyl groups is 2. The lowest BCUT2D eigenvalue weighted by atomic mass is 10.1. The number of rotatable bonds is 2. The zero-order valence-electron chi connectivity index (χ0n) is 12.7. The summed E-state index contributed by atoms with van der Waals surface area (Å²) in [5, 5.41) is 38.0. The fourth-order valence-corrected chi connectivity index (χ4v) is 3.22. The molecule has 0 radical (unpaired) electrons. The lowest BCUT2D eigenvalue weighted by Crippen LogP contribution is -2.15. The quantitative estimate of drug-likeness (QED) is 0.632. The summed E-state index contributed by atoms with van der Waals surface area (Å²) < 4.78 is 25.2. The van der Waals surface area contributed by atoms with E-state index in [4.69, 9.17) is 10.2 Å². The zero-order valence-corrected chi connectivity index (χ0v) is 13.5. The van der Waals surface area contributed by atoms with Gasteiger partial charge in [0.05, 0.1) is 23.7 Å². The molecule has 0 saturated carbocycles. The number of hydrogen-bond acceptors (Lipinski definition) is 6. The third-order valence-electron chi connectivity index (χ3n) is 3.42. The van der Waals surface area contributed by atoms with Crippen molar-refractivity contribution in [1.29, 1.82) is 0 Å². The molecule has 0 fully saturated rings. The van der Waals surface area contributed by atoms with Crippen molar-refractivity contribution in [1.82, 2.24) is 0 Å². The molecule has 9 heteroatoms. The number of sulfonamides is 1. The molecule has 0 aliphatic carbocycles. The van der Waals surface area contributed by atoms with Crippen LogP contribution in [0.15, 0.2) is 39.8 Å². The minimum Gasteiger partial charge on any atom is -0.858 e. The fourth-order valence-electron chi connectivity index (χ4n) is 2.12. The highest BCUT2D eigenvalue weighted by molar-refractivity contribution is 7.90. The van der Waals surface area contributed by atoms with Crippen molar-refractivity contribution in [3.05, 3.63) is 52.8 Å². The fraction of sp³-hybridized carbons (Fsp3) is 0.200. The van der Waals surface area contributed by atoms with Crippen molar-refractivity contribution in [2.45, 2.75) is 25.0 Å². The van der Waals surface area contributed by atoms with Gasteiger partial charge >= 0.3 is 0 Å². The Balaban J connectivity index is 0.000000174. The second kappa shape index (κ2) is 6.95. The van der Waals surface area contributed by atoms with E-state index >= 15 is 0 Å². The van der Waals surface area contributed by atoms with E-state index in [0.717, 1.165) is 0 Å². The molecular formula is C15H16N2O6S. The number of hydrogen-bond donors (Lipinski definition) is 3. The van der Waals surface area contributed by atoms with Gasteiger partial charge in [0.2, 0.25) is 5.69 Å². The molecule has 1 aliphatic rings. The number of nitrogens with one attached hydrogen (secondary N) is 1. The van der Waals surface area contributed by atoms with Gasteiger partial charge in [0.15, 0.2) is 11.9 Å². The summed E-state index contributed by atoms with van der Waals surface area (Å²) in [4.78, 5) is 2.78. The smallest absolute Gasteiger partial charge is 0.282 e. The number of pyridine rings is 1. The Morgan fingerprint density at radius 1 is 1.21 bits per heavy atom. The molecule has 1 aromatic heterocycles. The maximum atomic E-state index is 11.1. The number of aromatic hydroxyl groups is 1. The summed E-state index contributed by atoms with van der Waals surface area (Å²) in [5.41, 5.74) is 1.64. The van der Waals surface area contributed by atoms with Gasteiger partial charge in [0.25, 0.3) is 10.0 Å². The Kier molecular flexibility index (Phi) is 5.17. The highest BCUT2D eigenvalue weighted by Crippen LogP contribution is 2.23. The number of aromatic nitrogens is 1. The first-order chi connectivity index (χ1) is 11.3. The van der Waals surface area contributed by atoms with E-state index in [2.05, 4.69) is 9.38 Å². The van der Waals surface area contributed by atoms with Gasteiger partial charge in [-0.15, -0.1) is 0 Å². The van der Waals surface area contributed by atoms with Crippen molar-refractivity contribution in [2.75, 3.05) is 0 Å². The van der Waals surface area contributed by atoms with Crippen LogP contribution in [0.3, 0.4) is 0 Å². The molecule has 8 nitrogen and oxygen atoms in total. The molecule has 1 aromatic carbocycles. The highest BCUT2D eigenvalue weighted by atomic mass is 32.2. The summed E-state index contributed by atoms with van der Waals surface area (Å²) >= 11 is 0. The van der Waals surface area contributed by atoms with Gasteiger partial charge in [-0.05, 0) is 6.07 Å². The van der Waals surface area contributed by atoms with Gasteiger partial charge < -0.3 is 20.4 Å². The number of fused-ring (bicyclic) bond motifs is 1. The van der Waals surface area contributed by atoms with Crippen molar-refractivity contribution in [3.63, 3.8) is 0 Å². The third kappa shape index (κ3) is 3.37. The van der Waals surface area contributed by atoms with Crippen LogP contribution < -0.4 is 10.1 Å². The normalized spacial score (nSPS) is 14.4. The Hall–Kier alpha value is -2.49. The topological polar surface area (TPSA) is 144 Å². The molecule has 0 saturated heterocycles. The van der Waals surface area contributed by atoms with E-state index in [-0.39, 0.29) is 29.4 Å². The Labute approximate surface area is 138 Å². The van der Waals surface area contributed by atoms with Crippen molar-refractivity contribution < 1.29 is 33.8 Å². The van der Waals surface area contributed by atoms with Gasteiger partial charge in [-0.2, -0.15) is 12.8 Å². The van der Waals surface area contributed by atoms with E-state index in [1.54, 1.807) is 25.3 Å². The number of aromatic amines is 1. The van der Waals surface area contributed by atoms with Gasteiger partial charge in [0.1, 0.15) is 0 Å². The molecule has 1 aliphatic heterocycles. The zero-order chi connectivity index (χ0) is 17.9. The number of benzene rings is 1. The number of aryl methyl sites for hydroxylation is 1. The van der Waals surface area contributed by atoms with E-state index in [1.165, 1.54) is 12.1 Å². The van der Waals surface area contributed by atoms with Gasteiger partial charge in [-0.1, -0.05) is 18.2 Å². The molecule has 0 bridgehead atoms. The molecule has 3 rings (SSSR count). The van der Waals surface area contributed by atoms with Crippen LogP contribution in [-0.4, -0.2) is 29.6 Å². The SMILES string of the molecule is Cc1[nH+]cc(CO)c(CO)c1O.O=S1(=O)N=C([O-])c2ccccc21. The minimum absolute atomic E-state index is 0.00926. The van der Waals surface area contributed by atoms with Crippen molar-refractivity contribution in [3.8, 4) is 5.75 Å². The summed E-state index contributed by atoms with van der Waals surface area (Å²) in [5.74, 6) is -0.658. The monoisotopic (exact) mass is 352 g/mol. The summed E-state index contributed by atoms with van der Waals surface area (Å²) in [6.45, 7) is 1.23. The molecule has 2 aromatic rings. The second-order valence-corrected chi connectivity index (χ2v) is 6.52. The average Bonchev–Trinajstić information content (AvgIpc) is 2.80. The second-order valence-electron chi connectivity index (χ2n) is 4.95. The Bertz CT molecular complexity index is 893. The van der Waals surface area contributed by atoms with Gasteiger partial charge in [0, 0.05) is 23.9 Å². The van der Waals surface area contributed by atoms with Crippen LogP contribution in [0.25, 0.3) is 0 Å². The van der Waals surface area contributed by atoms with E-state index in [1.807, 2.05) is 0 Å². The highest BCUT2D eigenvalue weighted by Gasteiger charge is 2.22. The van der Waals surface area contributed by atoms with Gasteiger partial charge in [-0.3, -0.25) is 0 Å². The molecule has 4 N–H and O–H groups in total. The van der Waals surface area contributed by atoms with Crippen molar-refractivity contribution in [2.24, 2.45) is 4.40 Å². The van der Waals surface area contributed by atoms with Gasteiger partial charge in [-0.25, -0.2) is 4.98 Å². The maximum absolute atomic E-state index is 11.1. The van der Waals surface area contributed by atoms with Crippen LogP contribution in [0.4, 0.5) is 0 Å². The molecular weight excluding hydrogens is 336 g/mol. The van der Waals surface area contributed by atoms with E-state index < -0.39 is 15.9 Å². The van der Waals surface area contributed by atoms with Crippen LogP contribution in [0.5, 0.6) is 5.75 Å². The molecule has 0 spiro atoms. The molecule has 0 unspecified atom stereocenters. The lowest BCUT2D eigenvalue weighted by Gasteiger charge is -2.03. The maximum Gasteiger partial charge on any atom is 0.282 e. The molecule has 0 atom stereocenters. The molecule has 0 amide bonds. The van der Waals surface area contributed by atoms with E-state index in [0.29, 0.717) is 16.8 Å². The first-order valence-corrected chi connectivity index (χ1v) is 8.31. The standard InChI is InChI=1S/C8H11NO3.C7H5NO3S/c1-5-8(12)7(4-11)6(3-10)2-9-5;9-7-5-3-1-2-4-6(5)12(10,11)8-7/h2,10-12H,3-4H2,1H3;1-4H,(H,8,9). The Morgan fingerprint density at radius 3 is 2.46 bits per heavy atom.